The highest BCUT2D eigenvalue weighted by Gasteiger charge is 2.27. The highest BCUT2D eigenvalue weighted by molar-refractivity contribution is 7.89. The van der Waals surface area contributed by atoms with E-state index in [4.69, 9.17) is 5.73 Å². The predicted molar refractivity (Wildman–Crippen MR) is 151 cm³/mol. The molecule has 9 nitrogen and oxygen atoms in total. The third kappa shape index (κ3) is 7.68. The number of thiazole rings is 1. The maximum atomic E-state index is 13.3. The Hall–Kier alpha value is -2.64. The third-order valence-electron chi connectivity index (χ3n) is 4.64. The van der Waals surface area contributed by atoms with Crippen molar-refractivity contribution in [3.63, 3.8) is 0 Å². The molecule has 0 aliphatic heterocycles. The van der Waals surface area contributed by atoms with Gasteiger partial charge in [0.25, 0.3) is 0 Å². The summed E-state index contributed by atoms with van der Waals surface area (Å²) < 4.78 is 45.4. The number of benzene rings is 2. The number of nitrogens with zero attached hydrogens (tertiary/aromatic N) is 1. The second-order valence-electron chi connectivity index (χ2n) is 10.7. The van der Waals surface area contributed by atoms with Crippen LogP contribution in [0.15, 0.2) is 52.4 Å². The average molecular weight is 564 g/mol. The van der Waals surface area contributed by atoms with Gasteiger partial charge >= 0.3 is 0 Å². The van der Waals surface area contributed by atoms with Gasteiger partial charge in [-0.2, -0.15) is 0 Å². The molecule has 0 radical (unpaired) electrons. The average Bonchev–Trinajstić information content (AvgIpc) is 3.20. The third-order valence-corrected chi connectivity index (χ3v) is 9.03. The van der Waals surface area contributed by atoms with Crippen LogP contribution in [0.25, 0.3) is 21.0 Å². The summed E-state index contributed by atoms with van der Waals surface area (Å²) in [6, 6.07) is 9.83. The van der Waals surface area contributed by atoms with E-state index in [0.29, 0.717) is 37.3 Å². The van der Waals surface area contributed by atoms with Gasteiger partial charge in [0.15, 0.2) is 0 Å². The van der Waals surface area contributed by atoms with Gasteiger partial charge in [-0.25, -0.2) is 27.1 Å². The van der Waals surface area contributed by atoms with Crippen molar-refractivity contribution in [3.05, 3.63) is 42.6 Å². The van der Waals surface area contributed by atoms with Crippen molar-refractivity contribution in [2.24, 2.45) is 0 Å². The lowest BCUT2D eigenvalue weighted by Gasteiger charge is -2.21. The van der Waals surface area contributed by atoms with Crippen LogP contribution in [-0.2, 0) is 25.8 Å². The number of amides is 1. The number of hydrogen-bond acceptors (Lipinski definition) is 7. The second-order valence-corrected chi connectivity index (χ2v) is 14.5. The molecule has 5 N–H and O–H groups in total. The molecule has 0 saturated heterocycles. The maximum absolute atomic E-state index is 13.3. The number of carbonyl (C=O) groups excluding carboxylic acids is 1. The molecule has 3 rings (SSSR count). The van der Waals surface area contributed by atoms with Crippen molar-refractivity contribution in [3.8, 4) is 21.0 Å². The fourth-order valence-electron chi connectivity index (χ4n) is 3.41. The predicted octanol–water partition coefficient (Wildman–Crippen LogP) is 4.51. The molecule has 0 spiro atoms. The van der Waals surface area contributed by atoms with Crippen LogP contribution in [-0.4, -0.2) is 34.6 Å². The topological polar surface area (TPSA) is 143 Å². The van der Waals surface area contributed by atoms with E-state index in [0.717, 1.165) is 0 Å². The van der Waals surface area contributed by atoms with Crippen molar-refractivity contribution in [1.82, 2.24) is 14.4 Å². The van der Waals surface area contributed by atoms with Gasteiger partial charge in [-0.05, 0) is 71.9 Å². The molecule has 0 fully saturated rings. The number of nitrogens with two attached hydrogens (primary N) is 1. The summed E-state index contributed by atoms with van der Waals surface area (Å²) in [4.78, 5) is 17.3. The number of nitrogens with one attached hydrogen (secondary N) is 3. The minimum absolute atomic E-state index is 0.0301. The van der Waals surface area contributed by atoms with Gasteiger partial charge < -0.3 is 11.1 Å². The molecule has 0 bridgehead atoms. The molecule has 0 saturated carbocycles. The molecule has 0 aliphatic carbocycles. The van der Waals surface area contributed by atoms with Crippen molar-refractivity contribution >= 4 is 49.6 Å². The van der Waals surface area contributed by atoms with Gasteiger partial charge in [-0.1, -0.05) is 6.07 Å². The molecule has 1 atom stereocenters. The molecule has 12 heteroatoms. The van der Waals surface area contributed by atoms with E-state index in [1.807, 2.05) is 20.8 Å². The molecule has 1 aromatic heterocycles. The Kier molecular flexibility index (Phi) is 8.30. The van der Waals surface area contributed by atoms with Crippen LogP contribution in [0.2, 0.25) is 0 Å². The number of carbonyl (C=O) groups is 1. The van der Waals surface area contributed by atoms with Gasteiger partial charge in [0.1, 0.15) is 16.0 Å². The van der Waals surface area contributed by atoms with Gasteiger partial charge in [0.05, 0.1) is 14.7 Å². The Morgan fingerprint density at radius 3 is 2.24 bits per heavy atom. The summed E-state index contributed by atoms with van der Waals surface area (Å²) >= 11 is 1.27. The van der Waals surface area contributed by atoms with Crippen LogP contribution in [0, 0.1) is 0 Å². The Morgan fingerprint density at radius 2 is 1.65 bits per heavy atom. The summed E-state index contributed by atoms with van der Waals surface area (Å²) in [5.74, 6) is -0.241. The van der Waals surface area contributed by atoms with E-state index in [-0.39, 0.29) is 10.8 Å². The van der Waals surface area contributed by atoms with Gasteiger partial charge in [-0.3, -0.25) is 4.79 Å². The highest BCUT2D eigenvalue weighted by Crippen LogP contribution is 2.38. The summed E-state index contributed by atoms with van der Waals surface area (Å²) in [6.07, 6.45) is 1.62. The lowest BCUT2D eigenvalue weighted by Crippen LogP contribution is -2.40. The normalized spacial score (nSPS) is 13.4. The standard InChI is InChI=1S/C25H33N5O4S3/c1-15(31)28-17-9-11-18(21(13-17)36(32)29-24(2,3)4)20-14-27-23(35-20)19-10-8-16(26)12-22(19)37(33,34)30-25(5,6)7/h8-14,29-30H,26H2,1-7H3,(H,28,31). The first kappa shape index (κ1) is 28.9. The van der Waals surface area contributed by atoms with E-state index < -0.39 is 32.1 Å². The molecule has 2 aromatic carbocycles. The van der Waals surface area contributed by atoms with E-state index in [1.54, 1.807) is 57.3 Å². The number of rotatable bonds is 7. The summed E-state index contributed by atoms with van der Waals surface area (Å²) in [6.45, 7) is 12.4. The van der Waals surface area contributed by atoms with Crippen LogP contribution >= 0.6 is 11.3 Å². The van der Waals surface area contributed by atoms with E-state index in [2.05, 4.69) is 19.7 Å². The van der Waals surface area contributed by atoms with Gasteiger partial charge in [0, 0.05) is 46.7 Å². The highest BCUT2D eigenvalue weighted by atomic mass is 32.2. The lowest BCUT2D eigenvalue weighted by molar-refractivity contribution is -0.114. The van der Waals surface area contributed by atoms with Crippen LogP contribution in [0.4, 0.5) is 11.4 Å². The zero-order valence-electron chi connectivity index (χ0n) is 21.9. The number of aromatic nitrogens is 1. The Labute approximate surface area is 224 Å². The zero-order chi connectivity index (χ0) is 27.8. The van der Waals surface area contributed by atoms with Crippen molar-refractivity contribution < 1.29 is 17.4 Å². The molecule has 37 heavy (non-hydrogen) atoms. The molecule has 1 heterocycles. The Balaban J connectivity index is 2.12. The summed E-state index contributed by atoms with van der Waals surface area (Å²) in [7, 11) is -5.50. The second kappa shape index (κ2) is 10.6. The zero-order valence-corrected chi connectivity index (χ0v) is 24.4. The molecular weight excluding hydrogens is 531 g/mol. The maximum Gasteiger partial charge on any atom is 0.241 e. The fourth-order valence-corrected chi connectivity index (χ4v) is 7.48. The summed E-state index contributed by atoms with van der Waals surface area (Å²) in [5, 5.41) is 3.19. The van der Waals surface area contributed by atoms with E-state index >= 15 is 0 Å². The number of hydrogen-bond donors (Lipinski definition) is 4. The minimum atomic E-state index is -3.90. The number of nitrogen functional groups attached to an aromatic ring is 1. The SMILES string of the molecule is CC(=O)Nc1ccc(-c2cnc(-c3ccc(N)cc3S(=O)(=O)NC(C)(C)C)s2)c(S(=O)NC(C)(C)C)c1. The quantitative estimate of drug-likeness (QED) is 0.312. The van der Waals surface area contributed by atoms with Crippen LogP contribution in [0.3, 0.4) is 0 Å². The summed E-state index contributed by atoms with van der Waals surface area (Å²) in [5.41, 5.74) is 6.70. The number of sulfonamides is 1. The van der Waals surface area contributed by atoms with Crippen LogP contribution in [0.5, 0.6) is 0 Å². The molecule has 3 aromatic rings. The van der Waals surface area contributed by atoms with Crippen LogP contribution in [0.1, 0.15) is 48.5 Å². The van der Waals surface area contributed by atoms with Crippen molar-refractivity contribution in [2.75, 3.05) is 11.1 Å². The fraction of sp³-hybridized carbons (Fsp3) is 0.360. The number of anilines is 2. The van der Waals surface area contributed by atoms with E-state index in [9.17, 15) is 17.4 Å². The Morgan fingerprint density at radius 1 is 1.00 bits per heavy atom. The van der Waals surface area contributed by atoms with Gasteiger partial charge in [0.2, 0.25) is 15.9 Å². The van der Waals surface area contributed by atoms with E-state index in [1.165, 1.54) is 24.3 Å². The monoisotopic (exact) mass is 563 g/mol. The largest absolute Gasteiger partial charge is 0.399 e. The van der Waals surface area contributed by atoms with Crippen LogP contribution < -0.4 is 20.5 Å². The molecule has 0 aliphatic rings. The first-order chi connectivity index (χ1) is 16.9. The molecular formula is C25H33N5O4S3. The Bertz CT molecular complexity index is 1450. The molecule has 200 valence electrons. The lowest BCUT2D eigenvalue weighted by atomic mass is 10.1. The van der Waals surface area contributed by atoms with Gasteiger partial charge in [-0.15, -0.1) is 11.3 Å². The first-order valence-electron chi connectivity index (χ1n) is 11.5. The van der Waals surface area contributed by atoms with Crippen molar-refractivity contribution in [1.29, 1.82) is 0 Å². The molecule has 1 unspecified atom stereocenters. The minimum Gasteiger partial charge on any atom is -0.399 e. The molecule has 1 amide bonds. The first-order valence-corrected chi connectivity index (χ1v) is 14.9. The van der Waals surface area contributed by atoms with Crippen molar-refractivity contribution in [2.45, 2.75) is 69.3 Å². The smallest absolute Gasteiger partial charge is 0.241 e.